The minimum absolute atomic E-state index is 0.0773. The van der Waals surface area contributed by atoms with Crippen LogP contribution < -0.4 is 4.74 Å². The second-order valence-electron chi connectivity index (χ2n) is 6.39. The predicted octanol–water partition coefficient (Wildman–Crippen LogP) is 3.44. The predicted molar refractivity (Wildman–Crippen MR) is 112 cm³/mol. The summed E-state index contributed by atoms with van der Waals surface area (Å²) in [6, 6.07) is 20.4. The summed E-state index contributed by atoms with van der Waals surface area (Å²) in [7, 11) is -6.50. The monoisotopic (exact) mass is 442 g/mol. The maximum Gasteiger partial charge on any atom is 0.268 e. The van der Waals surface area contributed by atoms with Crippen molar-refractivity contribution in [2.45, 2.75) is 9.79 Å². The number of hydrogen-bond acceptors (Lipinski definition) is 5. The van der Waals surface area contributed by atoms with Gasteiger partial charge in [-0.3, -0.25) is 0 Å². The van der Waals surface area contributed by atoms with Crippen LogP contribution in [0.1, 0.15) is 0 Å². The van der Waals surface area contributed by atoms with Crippen molar-refractivity contribution in [2.24, 2.45) is 0 Å². The highest BCUT2D eigenvalue weighted by Gasteiger charge is 2.26. The first kappa shape index (κ1) is 20.0. The number of nitrogens with zero attached hydrogens (tertiary/aromatic N) is 2. The third-order valence-corrected chi connectivity index (χ3v) is 7.96. The van der Waals surface area contributed by atoms with Crippen LogP contribution in [0.4, 0.5) is 0 Å². The van der Waals surface area contributed by atoms with Crippen LogP contribution in [-0.2, 0) is 20.0 Å². The van der Waals surface area contributed by atoms with Crippen molar-refractivity contribution in [2.75, 3.05) is 7.11 Å². The Bertz CT molecular complexity index is 1390. The summed E-state index contributed by atoms with van der Waals surface area (Å²) in [5.74, 6) is 0.286. The van der Waals surface area contributed by atoms with Gasteiger partial charge in [0, 0.05) is 12.3 Å². The molecule has 0 saturated heterocycles. The summed E-state index contributed by atoms with van der Waals surface area (Å²) in [6.45, 7) is 0. The molecule has 0 saturated carbocycles. The standard InChI is InChI=1S/C21H18N2O5S2/c1-28-17-15-21(23(16-17)30(26,27)19-11-6-3-7-12-19)20-13-8-14-22(20)29(24,25)18-9-4-2-5-10-18/h2-16H,1H3. The van der Waals surface area contributed by atoms with Crippen LogP contribution in [0.5, 0.6) is 5.75 Å². The molecule has 154 valence electrons. The van der Waals surface area contributed by atoms with E-state index in [-0.39, 0.29) is 26.9 Å². The molecule has 0 amide bonds. The lowest BCUT2D eigenvalue weighted by atomic mass is 10.3. The molecular formula is C21H18N2O5S2. The third-order valence-electron chi connectivity index (χ3n) is 4.57. The third kappa shape index (κ3) is 3.31. The van der Waals surface area contributed by atoms with E-state index in [9.17, 15) is 16.8 Å². The molecule has 0 unspecified atom stereocenters. The second-order valence-corrected chi connectivity index (χ2v) is 10.0. The van der Waals surface area contributed by atoms with E-state index in [0.29, 0.717) is 0 Å². The van der Waals surface area contributed by atoms with E-state index >= 15 is 0 Å². The van der Waals surface area contributed by atoms with Crippen molar-refractivity contribution in [3.8, 4) is 17.1 Å². The SMILES string of the molecule is COc1cc(-c2cccn2S(=O)(=O)c2ccccc2)n(S(=O)(=O)c2ccccc2)c1. The fraction of sp³-hybridized carbons (Fsp3) is 0.0476. The highest BCUT2D eigenvalue weighted by Crippen LogP contribution is 2.32. The van der Waals surface area contributed by atoms with E-state index in [1.807, 2.05) is 0 Å². The Morgan fingerprint density at radius 2 is 1.20 bits per heavy atom. The summed E-state index contributed by atoms with van der Waals surface area (Å²) in [4.78, 5) is 0.173. The van der Waals surface area contributed by atoms with Crippen LogP contribution in [-0.4, -0.2) is 31.9 Å². The first-order valence-electron chi connectivity index (χ1n) is 8.91. The molecule has 0 bridgehead atoms. The molecule has 30 heavy (non-hydrogen) atoms. The fourth-order valence-electron chi connectivity index (χ4n) is 3.10. The van der Waals surface area contributed by atoms with Gasteiger partial charge in [0.2, 0.25) is 0 Å². The molecule has 4 aromatic rings. The lowest BCUT2D eigenvalue weighted by molar-refractivity contribution is 0.415. The quantitative estimate of drug-likeness (QED) is 0.457. The molecule has 0 fully saturated rings. The van der Waals surface area contributed by atoms with Crippen molar-refractivity contribution < 1.29 is 21.6 Å². The first-order chi connectivity index (χ1) is 14.4. The molecule has 0 radical (unpaired) electrons. The van der Waals surface area contributed by atoms with Crippen LogP contribution in [0.2, 0.25) is 0 Å². The topological polar surface area (TPSA) is 87.4 Å². The van der Waals surface area contributed by atoms with E-state index in [0.717, 1.165) is 7.94 Å². The Hall–Kier alpha value is -3.30. The highest BCUT2D eigenvalue weighted by molar-refractivity contribution is 7.90. The lowest BCUT2D eigenvalue weighted by Crippen LogP contribution is -2.17. The molecule has 0 aliphatic carbocycles. The first-order valence-corrected chi connectivity index (χ1v) is 11.8. The van der Waals surface area contributed by atoms with Gasteiger partial charge in [-0.2, -0.15) is 0 Å². The molecule has 2 aromatic heterocycles. The lowest BCUT2D eigenvalue weighted by Gasteiger charge is -2.13. The largest absolute Gasteiger partial charge is 0.495 e. The van der Waals surface area contributed by atoms with Crippen molar-refractivity contribution in [3.05, 3.63) is 91.3 Å². The van der Waals surface area contributed by atoms with E-state index in [1.165, 1.54) is 49.8 Å². The maximum absolute atomic E-state index is 13.3. The zero-order valence-corrected chi connectivity index (χ0v) is 17.5. The van der Waals surface area contributed by atoms with E-state index in [4.69, 9.17) is 4.74 Å². The minimum Gasteiger partial charge on any atom is -0.495 e. The van der Waals surface area contributed by atoms with Gasteiger partial charge in [0.05, 0.1) is 34.5 Å². The average Bonchev–Trinajstić information content (AvgIpc) is 3.42. The van der Waals surface area contributed by atoms with Crippen LogP contribution in [0, 0.1) is 0 Å². The van der Waals surface area contributed by atoms with Gasteiger partial charge in [-0.05, 0) is 36.4 Å². The second kappa shape index (κ2) is 7.51. The normalized spacial score (nSPS) is 12.0. The molecular weight excluding hydrogens is 424 g/mol. The van der Waals surface area contributed by atoms with Crippen molar-refractivity contribution in [1.82, 2.24) is 7.94 Å². The van der Waals surface area contributed by atoms with Gasteiger partial charge >= 0.3 is 0 Å². The molecule has 0 atom stereocenters. The summed E-state index contributed by atoms with van der Waals surface area (Å²) in [5.41, 5.74) is 0.363. The van der Waals surface area contributed by atoms with Gasteiger partial charge in [-0.15, -0.1) is 0 Å². The van der Waals surface area contributed by atoms with Gasteiger partial charge in [0.15, 0.2) is 0 Å². The Morgan fingerprint density at radius 1 is 0.667 bits per heavy atom. The number of aromatic nitrogens is 2. The molecule has 9 heteroatoms. The van der Waals surface area contributed by atoms with Gasteiger partial charge < -0.3 is 4.74 Å². The maximum atomic E-state index is 13.3. The molecule has 2 heterocycles. The molecule has 0 aliphatic rings. The van der Waals surface area contributed by atoms with Crippen LogP contribution in [0.15, 0.2) is 101 Å². The summed E-state index contributed by atoms with van der Waals surface area (Å²) < 4.78 is 60.2. The van der Waals surface area contributed by atoms with Crippen molar-refractivity contribution >= 4 is 20.0 Å². The van der Waals surface area contributed by atoms with Crippen LogP contribution >= 0.6 is 0 Å². The number of benzene rings is 2. The molecule has 7 nitrogen and oxygen atoms in total. The summed E-state index contributed by atoms with van der Waals surface area (Å²) >= 11 is 0. The molecule has 0 spiro atoms. The Labute approximate surface area is 174 Å². The average molecular weight is 443 g/mol. The Kier molecular flexibility index (Phi) is 5.00. The van der Waals surface area contributed by atoms with E-state index in [1.54, 1.807) is 48.5 Å². The van der Waals surface area contributed by atoms with Crippen LogP contribution in [0.3, 0.4) is 0 Å². The molecule has 2 aromatic carbocycles. The fourth-order valence-corrected chi connectivity index (χ4v) is 5.85. The van der Waals surface area contributed by atoms with E-state index < -0.39 is 20.0 Å². The van der Waals surface area contributed by atoms with Gasteiger partial charge in [-0.1, -0.05) is 36.4 Å². The van der Waals surface area contributed by atoms with Gasteiger partial charge in [-0.25, -0.2) is 24.8 Å². The minimum atomic E-state index is -3.98. The Balaban J connectivity index is 1.93. The smallest absolute Gasteiger partial charge is 0.268 e. The van der Waals surface area contributed by atoms with Crippen molar-refractivity contribution in [1.29, 1.82) is 0 Å². The Morgan fingerprint density at radius 3 is 1.73 bits per heavy atom. The zero-order chi connectivity index (χ0) is 21.4. The highest BCUT2D eigenvalue weighted by atomic mass is 32.2. The van der Waals surface area contributed by atoms with Crippen LogP contribution in [0.25, 0.3) is 11.4 Å². The number of methoxy groups -OCH3 is 1. The molecule has 0 N–H and O–H groups in total. The number of ether oxygens (including phenoxy) is 1. The summed E-state index contributed by atoms with van der Waals surface area (Å²) in [6.07, 6.45) is 2.71. The van der Waals surface area contributed by atoms with E-state index in [2.05, 4.69) is 0 Å². The summed E-state index contributed by atoms with van der Waals surface area (Å²) in [5, 5.41) is 0. The molecule has 0 aliphatic heterocycles. The zero-order valence-electron chi connectivity index (χ0n) is 15.9. The van der Waals surface area contributed by atoms with Gasteiger partial charge in [0.25, 0.3) is 20.0 Å². The van der Waals surface area contributed by atoms with Crippen molar-refractivity contribution in [3.63, 3.8) is 0 Å². The number of rotatable bonds is 6. The van der Waals surface area contributed by atoms with Gasteiger partial charge in [0.1, 0.15) is 5.75 Å². The number of hydrogen-bond donors (Lipinski definition) is 0. The molecule has 4 rings (SSSR count).